The van der Waals surface area contributed by atoms with Crippen molar-refractivity contribution in [3.05, 3.63) is 52.6 Å². The lowest BCUT2D eigenvalue weighted by Gasteiger charge is -2.34. The van der Waals surface area contributed by atoms with Gasteiger partial charge in [0.05, 0.1) is 17.7 Å². The van der Waals surface area contributed by atoms with Crippen molar-refractivity contribution in [3.8, 4) is 0 Å². The molecule has 0 fully saturated rings. The van der Waals surface area contributed by atoms with Gasteiger partial charge in [-0.25, -0.2) is 9.38 Å². The zero-order valence-electron chi connectivity index (χ0n) is 15.8. The van der Waals surface area contributed by atoms with E-state index in [4.69, 9.17) is 5.73 Å². The Morgan fingerprint density at radius 1 is 1.33 bits per heavy atom. The summed E-state index contributed by atoms with van der Waals surface area (Å²) in [5.41, 5.74) is 6.83. The number of hydrogen-bond donors (Lipinski definition) is 1. The van der Waals surface area contributed by atoms with Gasteiger partial charge in [0, 0.05) is 26.1 Å². The van der Waals surface area contributed by atoms with Gasteiger partial charge in [-0.3, -0.25) is 19.2 Å². The summed E-state index contributed by atoms with van der Waals surface area (Å²) in [6.07, 6.45) is 0.0921. The van der Waals surface area contributed by atoms with E-state index in [-0.39, 0.29) is 36.1 Å². The highest BCUT2D eigenvalue weighted by Crippen LogP contribution is 2.35. The third-order valence-corrected chi connectivity index (χ3v) is 4.84. The molecule has 1 atom stereocenters. The summed E-state index contributed by atoms with van der Waals surface area (Å²) >= 11 is 0. The molecule has 0 spiro atoms. The molecule has 1 aromatic carbocycles. The number of benzene rings is 1. The van der Waals surface area contributed by atoms with Crippen LogP contribution in [0, 0.1) is 12.7 Å². The van der Waals surface area contributed by atoms with Crippen LogP contribution in [0.4, 0.5) is 4.39 Å². The number of hydrogen-bond acceptors (Lipinski definition) is 5. The Hall–Kier alpha value is -3.03. The first-order chi connectivity index (χ1) is 12.6. The van der Waals surface area contributed by atoms with Crippen LogP contribution in [0.1, 0.15) is 40.7 Å². The number of rotatable bonds is 4. The molecule has 1 amide bonds. The van der Waals surface area contributed by atoms with Gasteiger partial charge in [0.2, 0.25) is 5.91 Å². The van der Waals surface area contributed by atoms with Gasteiger partial charge in [0.15, 0.2) is 11.7 Å². The van der Waals surface area contributed by atoms with Crippen LogP contribution in [0.15, 0.2) is 29.3 Å². The van der Waals surface area contributed by atoms with Crippen LogP contribution in [0.3, 0.4) is 0 Å². The van der Waals surface area contributed by atoms with E-state index >= 15 is 0 Å². The topological polar surface area (TPSA) is 93.6 Å². The monoisotopic (exact) mass is 371 g/mol. The van der Waals surface area contributed by atoms with Crippen molar-refractivity contribution in [2.45, 2.75) is 32.2 Å². The molecule has 27 heavy (non-hydrogen) atoms. The maximum atomic E-state index is 14.5. The van der Waals surface area contributed by atoms with E-state index in [1.807, 2.05) is 6.92 Å². The van der Waals surface area contributed by atoms with Gasteiger partial charge >= 0.3 is 0 Å². The Bertz CT molecular complexity index is 965. The Kier molecular flexibility index (Phi) is 4.59. The van der Waals surface area contributed by atoms with Crippen LogP contribution in [0.2, 0.25) is 0 Å². The molecule has 2 heterocycles. The molecular weight excluding hydrogens is 349 g/mol. The summed E-state index contributed by atoms with van der Waals surface area (Å²) in [5, 5.41) is 4.18. The fourth-order valence-corrected chi connectivity index (χ4v) is 3.31. The molecule has 2 N–H and O–H groups in total. The number of carbonyl (C=O) groups excluding carboxylic acids is 2. The summed E-state index contributed by atoms with van der Waals surface area (Å²) in [5.74, 6) is -0.807. The third kappa shape index (κ3) is 3.47. The molecule has 0 radical (unpaired) electrons. The van der Waals surface area contributed by atoms with Crippen molar-refractivity contribution in [2.24, 2.45) is 17.8 Å². The molecule has 7 nitrogen and oxygen atoms in total. The Morgan fingerprint density at radius 2 is 2.04 bits per heavy atom. The highest BCUT2D eigenvalue weighted by atomic mass is 19.1. The predicted octanol–water partition coefficient (Wildman–Crippen LogP) is 1.69. The van der Waals surface area contributed by atoms with E-state index in [1.54, 1.807) is 32.2 Å². The van der Waals surface area contributed by atoms with E-state index in [9.17, 15) is 14.0 Å². The molecule has 1 aromatic heterocycles. The Balaban J connectivity index is 1.94. The molecule has 0 saturated heterocycles. The SMILES string of the molecule is Cc1cc(C(=O)Cc2ccc(F)c(C3(C)CC(=O)N(C)C(N)=N3)c2)n(C)n1. The lowest BCUT2D eigenvalue weighted by molar-refractivity contribution is -0.128. The van der Waals surface area contributed by atoms with E-state index in [2.05, 4.69) is 10.1 Å². The summed E-state index contributed by atoms with van der Waals surface area (Å²) in [6.45, 7) is 3.48. The van der Waals surface area contributed by atoms with Gasteiger partial charge in [0.25, 0.3) is 0 Å². The number of nitrogens with two attached hydrogens (primary N) is 1. The van der Waals surface area contributed by atoms with E-state index in [1.165, 1.54) is 22.7 Å². The van der Waals surface area contributed by atoms with E-state index in [0.717, 1.165) is 5.69 Å². The van der Waals surface area contributed by atoms with E-state index < -0.39 is 11.4 Å². The normalized spacial score (nSPS) is 20.0. The second kappa shape index (κ2) is 6.61. The molecule has 1 aliphatic rings. The summed E-state index contributed by atoms with van der Waals surface area (Å²) in [6, 6.07) is 6.17. The van der Waals surface area contributed by atoms with Crippen LogP contribution >= 0.6 is 0 Å². The fraction of sp³-hybridized carbons (Fsp3) is 0.368. The van der Waals surface area contributed by atoms with Crippen molar-refractivity contribution < 1.29 is 14.0 Å². The van der Waals surface area contributed by atoms with Crippen molar-refractivity contribution >= 4 is 17.6 Å². The highest BCUT2D eigenvalue weighted by Gasteiger charge is 2.38. The van der Waals surface area contributed by atoms with Crippen LogP contribution in [0.25, 0.3) is 0 Å². The fourth-order valence-electron chi connectivity index (χ4n) is 3.31. The molecule has 2 aromatic rings. The van der Waals surface area contributed by atoms with Crippen molar-refractivity contribution in [2.75, 3.05) is 7.05 Å². The number of amides is 1. The Morgan fingerprint density at radius 3 is 2.63 bits per heavy atom. The maximum Gasteiger partial charge on any atom is 0.231 e. The molecule has 142 valence electrons. The van der Waals surface area contributed by atoms with Crippen molar-refractivity contribution in [1.82, 2.24) is 14.7 Å². The summed E-state index contributed by atoms with van der Waals surface area (Å²) in [4.78, 5) is 30.3. The number of carbonyl (C=O) groups is 2. The van der Waals surface area contributed by atoms with Gasteiger partial charge in [-0.1, -0.05) is 6.07 Å². The van der Waals surface area contributed by atoms with Crippen LogP contribution < -0.4 is 5.73 Å². The first kappa shape index (κ1) is 18.8. The first-order valence-corrected chi connectivity index (χ1v) is 8.55. The van der Waals surface area contributed by atoms with Gasteiger partial charge in [0.1, 0.15) is 11.5 Å². The minimum Gasteiger partial charge on any atom is -0.369 e. The lowest BCUT2D eigenvalue weighted by atomic mass is 9.85. The number of aromatic nitrogens is 2. The van der Waals surface area contributed by atoms with Crippen molar-refractivity contribution in [1.29, 1.82) is 0 Å². The number of guanidine groups is 1. The average molecular weight is 371 g/mol. The zero-order chi connectivity index (χ0) is 19.9. The summed E-state index contributed by atoms with van der Waals surface area (Å²) in [7, 11) is 3.24. The number of ketones is 1. The zero-order valence-corrected chi connectivity index (χ0v) is 15.8. The lowest BCUT2D eigenvalue weighted by Crippen LogP contribution is -2.47. The van der Waals surface area contributed by atoms with Crippen LogP contribution in [-0.4, -0.2) is 39.4 Å². The predicted molar refractivity (Wildman–Crippen MR) is 98.7 cm³/mol. The molecule has 1 unspecified atom stereocenters. The smallest absolute Gasteiger partial charge is 0.231 e. The second-order valence-electron chi connectivity index (χ2n) is 7.08. The second-order valence-corrected chi connectivity index (χ2v) is 7.08. The maximum absolute atomic E-state index is 14.5. The first-order valence-electron chi connectivity index (χ1n) is 8.55. The minimum absolute atomic E-state index is 0.000551. The Labute approximate surface area is 156 Å². The molecule has 8 heteroatoms. The van der Waals surface area contributed by atoms with E-state index in [0.29, 0.717) is 11.3 Å². The number of halogens is 1. The van der Waals surface area contributed by atoms with Gasteiger partial charge in [-0.05, 0) is 37.6 Å². The number of aliphatic imine (C=N–C) groups is 1. The van der Waals surface area contributed by atoms with Crippen LogP contribution in [-0.2, 0) is 23.8 Å². The quantitative estimate of drug-likeness (QED) is 0.828. The standard InChI is InChI=1S/C19H22FN5O2/c1-11-7-15(25(4)23-11)16(26)9-12-5-6-14(20)13(8-12)19(2)10-17(27)24(3)18(21)22-19/h5-8H,9-10H2,1-4H3,(H2,21,22). The number of Topliss-reactive ketones (excluding diaryl/α,β-unsaturated/α-hetero) is 1. The minimum atomic E-state index is -1.11. The molecule has 0 saturated carbocycles. The van der Waals surface area contributed by atoms with Crippen molar-refractivity contribution in [3.63, 3.8) is 0 Å². The molecule has 3 rings (SSSR count). The molecule has 0 aliphatic carbocycles. The number of nitrogens with zero attached hydrogens (tertiary/aromatic N) is 4. The molecule has 1 aliphatic heterocycles. The summed E-state index contributed by atoms with van der Waals surface area (Å²) < 4.78 is 16.1. The highest BCUT2D eigenvalue weighted by molar-refractivity contribution is 5.99. The average Bonchev–Trinajstić information content (AvgIpc) is 2.92. The largest absolute Gasteiger partial charge is 0.369 e. The number of aryl methyl sites for hydroxylation is 2. The molecular formula is C19H22FN5O2. The van der Waals surface area contributed by atoms with Gasteiger partial charge in [-0.2, -0.15) is 5.10 Å². The third-order valence-electron chi connectivity index (χ3n) is 4.84. The van der Waals surface area contributed by atoms with Crippen LogP contribution in [0.5, 0.6) is 0 Å². The van der Waals surface area contributed by atoms with Gasteiger partial charge in [-0.15, -0.1) is 0 Å². The molecule has 0 bridgehead atoms. The van der Waals surface area contributed by atoms with Gasteiger partial charge < -0.3 is 5.73 Å².